The van der Waals surface area contributed by atoms with Crippen molar-refractivity contribution in [2.45, 2.75) is 43.2 Å². The van der Waals surface area contributed by atoms with Crippen molar-refractivity contribution in [1.82, 2.24) is 10.2 Å². The summed E-state index contributed by atoms with van der Waals surface area (Å²) in [5, 5.41) is 8.18. The topological polar surface area (TPSA) is 85.1 Å². The Balaban J connectivity index is 1.59. The number of thiophene rings is 1. The van der Waals surface area contributed by atoms with Gasteiger partial charge in [0.2, 0.25) is 5.89 Å². The van der Waals surface area contributed by atoms with E-state index in [1.54, 1.807) is 12.1 Å². The number of nitrogens with zero attached hydrogens (tertiary/aromatic N) is 2. The van der Waals surface area contributed by atoms with E-state index in [1.165, 1.54) is 6.42 Å². The Labute approximate surface area is 156 Å². The molecule has 0 atom stereocenters. The van der Waals surface area contributed by atoms with Crippen LogP contribution in [0, 0.1) is 13.8 Å². The second kappa shape index (κ2) is 6.51. The van der Waals surface area contributed by atoms with Crippen LogP contribution in [-0.4, -0.2) is 18.6 Å². The van der Waals surface area contributed by atoms with Crippen LogP contribution in [0.2, 0.25) is 0 Å². The lowest BCUT2D eigenvalue weighted by atomic mass is 9.85. The molecule has 6 nitrogen and oxygen atoms in total. The number of aryl methyl sites for hydroxylation is 2. The van der Waals surface area contributed by atoms with Gasteiger partial charge in [-0.2, -0.15) is 0 Å². The van der Waals surface area contributed by atoms with Gasteiger partial charge in [0.25, 0.3) is 15.9 Å². The predicted molar refractivity (Wildman–Crippen MR) is 101 cm³/mol. The Kier molecular flexibility index (Phi) is 4.32. The Bertz CT molecular complexity index is 1030. The molecule has 3 aromatic rings. The van der Waals surface area contributed by atoms with Gasteiger partial charge < -0.3 is 4.42 Å². The number of aromatic nitrogens is 2. The maximum atomic E-state index is 12.8. The Morgan fingerprint density at radius 3 is 2.50 bits per heavy atom. The molecule has 1 aliphatic rings. The summed E-state index contributed by atoms with van der Waals surface area (Å²) in [7, 11) is -3.67. The van der Waals surface area contributed by atoms with Gasteiger partial charge in [0.05, 0.1) is 10.6 Å². The SMILES string of the molecule is Cc1cccc(C)c1NS(=O)(=O)c1ccc(-c2nnc(C3CCC3)o2)s1. The zero-order chi connectivity index (χ0) is 18.3. The van der Waals surface area contributed by atoms with Gasteiger partial charge in [0.1, 0.15) is 4.21 Å². The Hall–Kier alpha value is -2.19. The van der Waals surface area contributed by atoms with Crippen molar-refractivity contribution in [3.8, 4) is 10.8 Å². The molecule has 8 heteroatoms. The number of sulfonamides is 1. The molecule has 1 aromatic carbocycles. The first-order valence-corrected chi connectivity index (χ1v) is 10.8. The van der Waals surface area contributed by atoms with Crippen molar-refractivity contribution < 1.29 is 12.8 Å². The summed E-state index contributed by atoms with van der Waals surface area (Å²) in [5.74, 6) is 1.38. The molecule has 0 amide bonds. The van der Waals surface area contributed by atoms with E-state index in [2.05, 4.69) is 14.9 Å². The number of hydrogen-bond donors (Lipinski definition) is 1. The zero-order valence-electron chi connectivity index (χ0n) is 14.5. The van der Waals surface area contributed by atoms with E-state index in [9.17, 15) is 8.42 Å². The molecule has 26 heavy (non-hydrogen) atoms. The molecule has 4 rings (SSSR count). The van der Waals surface area contributed by atoms with Crippen LogP contribution in [0.15, 0.2) is 39.0 Å². The van der Waals surface area contributed by atoms with Gasteiger partial charge in [-0.05, 0) is 49.9 Å². The third-order valence-electron chi connectivity index (χ3n) is 4.67. The van der Waals surface area contributed by atoms with Crippen molar-refractivity contribution in [3.05, 3.63) is 47.3 Å². The van der Waals surface area contributed by atoms with Crippen LogP contribution in [0.5, 0.6) is 0 Å². The fourth-order valence-electron chi connectivity index (χ4n) is 2.89. The van der Waals surface area contributed by atoms with Crippen LogP contribution >= 0.6 is 11.3 Å². The highest BCUT2D eigenvalue weighted by atomic mass is 32.2. The van der Waals surface area contributed by atoms with E-state index >= 15 is 0 Å². The van der Waals surface area contributed by atoms with Crippen LogP contribution in [0.1, 0.15) is 42.2 Å². The standard InChI is InChI=1S/C18H19N3O3S2/c1-11-5-3-6-12(2)16(11)21-26(22,23)15-10-9-14(25-15)18-20-19-17(24-18)13-7-4-8-13/h3,5-6,9-10,13,21H,4,7-8H2,1-2H3. The number of nitrogens with one attached hydrogen (secondary N) is 1. The highest BCUT2D eigenvalue weighted by molar-refractivity contribution is 7.94. The predicted octanol–water partition coefficient (Wildman–Crippen LogP) is 4.48. The Morgan fingerprint density at radius 2 is 1.85 bits per heavy atom. The van der Waals surface area contributed by atoms with E-state index in [-0.39, 0.29) is 4.21 Å². The fraction of sp³-hybridized carbons (Fsp3) is 0.333. The van der Waals surface area contributed by atoms with Crippen LogP contribution < -0.4 is 4.72 Å². The van der Waals surface area contributed by atoms with E-state index in [4.69, 9.17) is 4.42 Å². The lowest BCUT2D eigenvalue weighted by Gasteiger charge is -2.20. The molecule has 0 spiro atoms. The number of hydrogen-bond acceptors (Lipinski definition) is 6. The molecule has 0 aliphatic heterocycles. The first-order valence-electron chi connectivity index (χ1n) is 8.47. The first-order chi connectivity index (χ1) is 12.4. The summed E-state index contributed by atoms with van der Waals surface area (Å²) in [4.78, 5) is 0.657. The average molecular weight is 390 g/mol. The molecular weight excluding hydrogens is 370 g/mol. The molecule has 2 aromatic heterocycles. The van der Waals surface area contributed by atoms with Gasteiger partial charge in [0.15, 0.2) is 0 Å². The molecule has 1 N–H and O–H groups in total. The van der Waals surface area contributed by atoms with Gasteiger partial charge in [-0.3, -0.25) is 4.72 Å². The molecule has 1 aliphatic carbocycles. The minimum atomic E-state index is -3.67. The van der Waals surface area contributed by atoms with Crippen LogP contribution in [0.3, 0.4) is 0 Å². The minimum absolute atomic E-state index is 0.221. The molecule has 0 unspecified atom stereocenters. The van der Waals surface area contributed by atoms with Gasteiger partial charge in [-0.1, -0.05) is 24.6 Å². The number of rotatable bonds is 5. The average Bonchev–Trinajstić information content (AvgIpc) is 3.18. The normalized spacial score (nSPS) is 15.0. The summed E-state index contributed by atoms with van der Waals surface area (Å²) in [6.45, 7) is 3.76. The third-order valence-corrected chi connectivity index (χ3v) is 7.58. The summed E-state index contributed by atoms with van der Waals surface area (Å²) >= 11 is 1.13. The second-order valence-corrected chi connectivity index (χ2v) is 9.56. The first kappa shape index (κ1) is 17.2. The summed E-state index contributed by atoms with van der Waals surface area (Å²) in [6, 6.07) is 8.95. The lowest BCUT2D eigenvalue weighted by molar-refractivity contribution is 0.338. The third kappa shape index (κ3) is 3.14. The van der Waals surface area contributed by atoms with E-state index in [1.807, 2.05) is 32.0 Å². The van der Waals surface area contributed by atoms with Crippen molar-refractivity contribution >= 4 is 27.0 Å². The monoisotopic (exact) mass is 389 g/mol. The quantitative estimate of drug-likeness (QED) is 0.695. The maximum Gasteiger partial charge on any atom is 0.271 e. The number of anilines is 1. The van der Waals surface area contributed by atoms with Gasteiger partial charge >= 0.3 is 0 Å². The highest BCUT2D eigenvalue weighted by Crippen LogP contribution is 2.38. The maximum absolute atomic E-state index is 12.8. The van der Waals surface area contributed by atoms with Crippen LogP contribution in [-0.2, 0) is 10.0 Å². The molecule has 2 heterocycles. The second-order valence-electron chi connectivity index (χ2n) is 6.56. The fourth-order valence-corrected chi connectivity index (χ4v) is 5.32. The van der Waals surface area contributed by atoms with Crippen molar-refractivity contribution in [2.75, 3.05) is 4.72 Å². The van der Waals surface area contributed by atoms with E-state index in [0.717, 1.165) is 35.3 Å². The summed E-state index contributed by atoms with van der Waals surface area (Å²) < 4.78 is 34.1. The molecule has 1 fully saturated rings. The van der Waals surface area contributed by atoms with Gasteiger partial charge in [-0.25, -0.2) is 8.42 Å². The molecule has 0 radical (unpaired) electrons. The molecular formula is C18H19N3O3S2. The van der Waals surface area contributed by atoms with Crippen LogP contribution in [0.25, 0.3) is 10.8 Å². The summed E-state index contributed by atoms with van der Waals surface area (Å²) in [6.07, 6.45) is 3.34. The van der Waals surface area contributed by atoms with Gasteiger partial charge in [0, 0.05) is 5.92 Å². The molecule has 0 bridgehead atoms. The molecule has 0 saturated heterocycles. The largest absolute Gasteiger partial charge is 0.420 e. The zero-order valence-corrected chi connectivity index (χ0v) is 16.2. The van der Waals surface area contributed by atoms with Gasteiger partial charge in [-0.15, -0.1) is 21.5 Å². The minimum Gasteiger partial charge on any atom is -0.420 e. The molecule has 1 saturated carbocycles. The smallest absolute Gasteiger partial charge is 0.271 e. The number of benzene rings is 1. The van der Waals surface area contributed by atoms with Crippen molar-refractivity contribution in [2.24, 2.45) is 0 Å². The lowest BCUT2D eigenvalue weighted by Crippen LogP contribution is -2.13. The Morgan fingerprint density at radius 1 is 1.12 bits per heavy atom. The highest BCUT2D eigenvalue weighted by Gasteiger charge is 2.26. The van der Waals surface area contributed by atoms with Crippen molar-refractivity contribution in [1.29, 1.82) is 0 Å². The van der Waals surface area contributed by atoms with Crippen LogP contribution in [0.4, 0.5) is 5.69 Å². The number of para-hydroxylation sites is 1. The molecule has 136 valence electrons. The summed E-state index contributed by atoms with van der Waals surface area (Å²) in [5.41, 5.74) is 2.38. The van der Waals surface area contributed by atoms with E-state index < -0.39 is 10.0 Å². The van der Waals surface area contributed by atoms with E-state index in [0.29, 0.717) is 28.3 Å². The van der Waals surface area contributed by atoms with Crippen molar-refractivity contribution in [3.63, 3.8) is 0 Å².